The molecule has 2 nitrogen and oxygen atoms in total. The third kappa shape index (κ3) is 2.71. The Hall–Kier alpha value is -0.580. The summed E-state index contributed by atoms with van der Waals surface area (Å²) < 4.78 is 1.15. The fourth-order valence-corrected chi connectivity index (χ4v) is 2.25. The Balaban J connectivity index is 1.93. The first-order valence-corrected chi connectivity index (χ1v) is 6.29. The van der Waals surface area contributed by atoms with Gasteiger partial charge in [-0.2, -0.15) is 0 Å². The van der Waals surface area contributed by atoms with Gasteiger partial charge in [-0.1, -0.05) is 6.92 Å². The highest BCUT2D eigenvalue weighted by Crippen LogP contribution is 2.26. The second kappa shape index (κ2) is 4.51. The molecule has 0 bridgehead atoms. The van der Waals surface area contributed by atoms with Crippen molar-refractivity contribution in [2.75, 3.05) is 0 Å². The molecule has 1 saturated carbocycles. The van der Waals surface area contributed by atoms with Crippen LogP contribution < -0.4 is 5.32 Å². The van der Waals surface area contributed by atoms with Crippen LogP contribution in [0.25, 0.3) is 0 Å². The topological polar surface area (TPSA) is 29.1 Å². The molecule has 0 aromatic heterocycles. The summed E-state index contributed by atoms with van der Waals surface area (Å²) in [5, 5.41) is 3.04. The van der Waals surface area contributed by atoms with Gasteiger partial charge in [0.2, 0.25) is 0 Å². The Morgan fingerprint density at radius 1 is 1.33 bits per heavy atom. The Kier molecular flexibility index (Phi) is 3.29. The highest BCUT2D eigenvalue weighted by atomic mass is 127. The maximum absolute atomic E-state index is 11.8. The minimum Gasteiger partial charge on any atom is -0.349 e. The SMILES string of the molecule is CC1CC(NC(=O)c2ccc(I)cc2)C1. The molecule has 1 fully saturated rings. The van der Waals surface area contributed by atoms with Crippen LogP contribution in [-0.2, 0) is 0 Å². The average Bonchev–Trinajstić information content (AvgIpc) is 2.16. The molecule has 1 amide bonds. The lowest BCUT2D eigenvalue weighted by atomic mass is 9.82. The van der Waals surface area contributed by atoms with Crippen LogP contribution in [0.5, 0.6) is 0 Å². The van der Waals surface area contributed by atoms with E-state index in [9.17, 15) is 4.79 Å². The molecule has 1 aromatic carbocycles. The molecule has 1 aromatic rings. The number of carbonyl (C=O) groups excluding carboxylic acids is 1. The summed E-state index contributed by atoms with van der Waals surface area (Å²) in [6.07, 6.45) is 2.24. The van der Waals surface area contributed by atoms with Crippen molar-refractivity contribution < 1.29 is 4.79 Å². The van der Waals surface area contributed by atoms with Crippen molar-refractivity contribution >= 4 is 28.5 Å². The van der Waals surface area contributed by atoms with Crippen LogP contribution >= 0.6 is 22.6 Å². The van der Waals surface area contributed by atoms with E-state index in [0.29, 0.717) is 6.04 Å². The van der Waals surface area contributed by atoms with Crippen LogP contribution in [0.2, 0.25) is 0 Å². The molecule has 1 aliphatic carbocycles. The molecule has 2 rings (SSSR count). The molecule has 0 unspecified atom stereocenters. The van der Waals surface area contributed by atoms with Crippen molar-refractivity contribution in [3.05, 3.63) is 33.4 Å². The standard InChI is InChI=1S/C12H14INO/c1-8-6-11(7-8)14-12(15)9-2-4-10(13)5-3-9/h2-5,8,11H,6-7H2,1H3,(H,14,15). The molecule has 0 atom stereocenters. The van der Waals surface area contributed by atoms with Gasteiger partial charge in [0.05, 0.1) is 0 Å². The first-order valence-electron chi connectivity index (χ1n) is 5.21. The molecule has 15 heavy (non-hydrogen) atoms. The number of carbonyl (C=O) groups is 1. The van der Waals surface area contributed by atoms with Crippen LogP contribution in [-0.4, -0.2) is 11.9 Å². The first kappa shape index (κ1) is 10.9. The maximum atomic E-state index is 11.8. The lowest BCUT2D eigenvalue weighted by molar-refractivity contribution is 0.0896. The van der Waals surface area contributed by atoms with Crippen LogP contribution in [0.15, 0.2) is 24.3 Å². The Labute approximate surface area is 104 Å². The van der Waals surface area contributed by atoms with Gasteiger partial charge in [0.1, 0.15) is 0 Å². The summed E-state index contributed by atoms with van der Waals surface area (Å²) >= 11 is 2.23. The quantitative estimate of drug-likeness (QED) is 0.836. The monoisotopic (exact) mass is 315 g/mol. The number of nitrogens with one attached hydrogen (secondary N) is 1. The lowest BCUT2D eigenvalue weighted by Gasteiger charge is -2.33. The van der Waals surface area contributed by atoms with Crippen molar-refractivity contribution in [3.63, 3.8) is 0 Å². The predicted molar refractivity (Wildman–Crippen MR) is 68.8 cm³/mol. The molecular formula is C12H14INO. The zero-order chi connectivity index (χ0) is 10.8. The molecule has 1 N–H and O–H groups in total. The van der Waals surface area contributed by atoms with Gasteiger partial charge in [0.25, 0.3) is 5.91 Å². The Morgan fingerprint density at radius 3 is 2.47 bits per heavy atom. The van der Waals surface area contributed by atoms with Crippen LogP contribution in [0, 0.1) is 9.49 Å². The molecular weight excluding hydrogens is 301 g/mol. The smallest absolute Gasteiger partial charge is 0.251 e. The van der Waals surface area contributed by atoms with E-state index in [0.717, 1.165) is 27.9 Å². The van der Waals surface area contributed by atoms with Crippen molar-refractivity contribution in [2.24, 2.45) is 5.92 Å². The number of halogens is 1. The van der Waals surface area contributed by atoms with Crippen LogP contribution in [0.1, 0.15) is 30.1 Å². The molecule has 0 aliphatic heterocycles. The summed E-state index contributed by atoms with van der Waals surface area (Å²) in [5.74, 6) is 0.829. The highest BCUT2D eigenvalue weighted by molar-refractivity contribution is 14.1. The summed E-state index contributed by atoms with van der Waals surface area (Å²) in [6, 6.07) is 8.06. The second-order valence-electron chi connectivity index (χ2n) is 4.25. The van der Waals surface area contributed by atoms with Gasteiger partial charge >= 0.3 is 0 Å². The van der Waals surface area contributed by atoms with Crippen molar-refractivity contribution in [1.82, 2.24) is 5.32 Å². The van der Waals surface area contributed by atoms with E-state index in [4.69, 9.17) is 0 Å². The normalized spacial score (nSPS) is 24.4. The summed E-state index contributed by atoms with van der Waals surface area (Å²) in [4.78, 5) is 11.8. The van der Waals surface area contributed by atoms with Gasteiger partial charge in [0, 0.05) is 15.2 Å². The van der Waals surface area contributed by atoms with E-state index in [2.05, 4.69) is 34.8 Å². The van der Waals surface area contributed by atoms with Gasteiger partial charge in [-0.3, -0.25) is 4.79 Å². The van der Waals surface area contributed by atoms with E-state index < -0.39 is 0 Å². The van der Waals surface area contributed by atoms with Gasteiger partial charge in [-0.25, -0.2) is 0 Å². The van der Waals surface area contributed by atoms with E-state index >= 15 is 0 Å². The molecule has 0 saturated heterocycles. The molecule has 1 aliphatic rings. The largest absolute Gasteiger partial charge is 0.349 e. The minimum atomic E-state index is 0.0586. The van der Waals surface area contributed by atoms with Gasteiger partial charge in [0.15, 0.2) is 0 Å². The van der Waals surface area contributed by atoms with Crippen LogP contribution in [0.3, 0.4) is 0 Å². The second-order valence-corrected chi connectivity index (χ2v) is 5.50. The summed E-state index contributed by atoms with van der Waals surface area (Å²) in [5.41, 5.74) is 0.759. The first-order chi connectivity index (χ1) is 7.15. The summed E-state index contributed by atoms with van der Waals surface area (Å²) in [7, 11) is 0. The average molecular weight is 315 g/mol. The lowest BCUT2D eigenvalue weighted by Crippen LogP contribution is -2.43. The van der Waals surface area contributed by atoms with E-state index in [1.807, 2.05) is 24.3 Å². The van der Waals surface area contributed by atoms with Gasteiger partial charge in [-0.15, -0.1) is 0 Å². The number of hydrogen-bond donors (Lipinski definition) is 1. The number of hydrogen-bond acceptors (Lipinski definition) is 1. The summed E-state index contributed by atoms with van der Waals surface area (Å²) in [6.45, 7) is 2.22. The Morgan fingerprint density at radius 2 is 1.93 bits per heavy atom. The Bertz CT molecular complexity index is 354. The zero-order valence-electron chi connectivity index (χ0n) is 8.66. The van der Waals surface area contributed by atoms with Gasteiger partial charge in [-0.05, 0) is 65.6 Å². The predicted octanol–water partition coefficient (Wildman–Crippen LogP) is 2.82. The third-order valence-corrected chi connectivity index (χ3v) is 3.53. The molecule has 3 heteroatoms. The van der Waals surface area contributed by atoms with E-state index in [1.165, 1.54) is 0 Å². The highest BCUT2D eigenvalue weighted by Gasteiger charge is 2.26. The van der Waals surface area contributed by atoms with E-state index in [1.54, 1.807) is 0 Å². The zero-order valence-corrected chi connectivity index (χ0v) is 10.8. The molecule has 0 heterocycles. The van der Waals surface area contributed by atoms with Gasteiger partial charge < -0.3 is 5.32 Å². The molecule has 0 spiro atoms. The molecule has 80 valence electrons. The number of amides is 1. The van der Waals surface area contributed by atoms with Crippen molar-refractivity contribution in [2.45, 2.75) is 25.8 Å². The number of rotatable bonds is 2. The fourth-order valence-electron chi connectivity index (χ4n) is 1.89. The molecule has 0 radical (unpaired) electrons. The van der Waals surface area contributed by atoms with Crippen molar-refractivity contribution in [3.8, 4) is 0 Å². The maximum Gasteiger partial charge on any atom is 0.251 e. The van der Waals surface area contributed by atoms with Crippen LogP contribution in [0.4, 0.5) is 0 Å². The van der Waals surface area contributed by atoms with E-state index in [-0.39, 0.29) is 5.91 Å². The fraction of sp³-hybridized carbons (Fsp3) is 0.417. The number of benzene rings is 1. The van der Waals surface area contributed by atoms with Crippen molar-refractivity contribution in [1.29, 1.82) is 0 Å². The third-order valence-electron chi connectivity index (χ3n) is 2.82. The minimum absolute atomic E-state index is 0.0586.